The summed E-state index contributed by atoms with van der Waals surface area (Å²) in [5.41, 5.74) is 1.36. The fourth-order valence-electron chi connectivity index (χ4n) is 2.23. The number of rotatable bonds is 8. The number of carbonyl (C=O) groups is 1. The highest BCUT2D eigenvalue weighted by Crippen LogP contribution is 2.19. The minimum absolute atomic E-state index is 0.0157. The average molecular weight is 380 g/mol. The Kier molecular flexibility index (Phi) is 6.70. The lowest BCUT2D eigenvalue weighted by Crippen LogP contribution is -2.28. The van der Waals surface area contributed by atoms with Crippen LogP contribution in [0.4, 0.5) is 10.1 Å². The van der Waals surface area contributed by atoms with Gasteiger partial charge >= 0.3 is 0 Å². The molecular formula is C18H21FN2O4S. The maximum Gasteiger partial charge on any atom is 0.261 e. The molecule has 0 aliphatic heterocycles. The van der Waals surface area contributed by atoms with Crippen LogP contribution in [0.2, 0.25) is 0 Å². The van der Waals surface area contributed by atoms with Crippen molar-refractivity contribution < 1.29 is 22.3 Å². The van der Waals surface area contributed by atoms with Gasteiger partial charge in [0.2, 0.25) is 5.91 Å². The number of methoxy groups -OCH3 is 1. The first-order valence-electron chi connectivity index (χ1n) is 7.95. The second-order valence-electron chi connectivity index (χ2n) is 5.73. The summed E-state index contributed by atoms with van der Waals surface area (Å²) in [6.07, 6.45) is 0.188. The number of hydrogen-bond acceptors (Lipinski definition) is 4. The molecule has 2 aromatic carbocycles. The minimum atomic E-state index is -3.81. The van der Waals surface area contributed by atoms with Gasteiger partial charge in [0.1, 0.15) is 5.82 Å². The molecule has 0 saturated carbocycles. The highest BCUT2D eigenvalue weighted by Gasteiger charge is 2.15. The largest absolute Gasteiger partial charge is 0.383 e. The van der Waals surface area contributed by atoms with E-state index in [1.165, 1.54) is 19.1 Å². The smallest absolute Gasteiger partial charge is 0.261 e. The maximum atomic E-state index is 13.3. The number of anilines is 1. The molecule has 0 atom stereocenters. The van der Waals surface area contributed by atoms with Gasteiger partial charge < -0.3 is 10.1 Å². The lowest BCUT2D eigenvalue weighted by Gasteiger charge is -2.10. The topological polar surface area (TPSA) is 84.5 Å². The number of halogens is 1. The number of sulfonamides is 1. The summed E-state index contributed by atoms with van der Waals surface area (Å²) in [4.78, 5) is 11.7. The van der Waals surface area contributed by atoms with Crippen molar-refractivity contribution in [3.8, 4) is 0 Å². The molecule has 140 valence electrons. The first-order chi connectivity index (χ1) is 12.3. The third kappa shape index (κ3) is 5.53. The van der Waals surface area contributed by atoms with Crippen LogP contribution in [-0.4, -0.2) is 34.6 Å². The first-order valence-corrected chi connectivity index (χ1v) is 9.43. The van der Waals surface area contributed by atoms with Crippen molar-refractivity contribution in [3.05, 3.63) is 59.4 Å². The van der Waals surface area contributed by atoms with Gasteiger partial charge in [-0.05, 0) is 48.4 Å². The van der Waals surface area contributed by atoms with Crippen molar-refractivity contribution in [1.82, 2.24) is 5.32 Å². The summed E-state index contributed by atoms with van der Waals surface area (Å²) >= 11 is 0. The Morgan fingerprint density at radius 2 is 1.85 bits per heavy atom. The van der Waals surface area contributed by atoms with Crippen LogP contribution in [0.15, 0.2) is 47.4 Å². The molecule has 8 heteroatoms. The molecule has 0 bridgehead atoms. The van der Waals surface area contributed by atoms with Crippen LogP contribution in [-0.2, 0) is 26.0 Å². The molecule has 26 heavy (non-hydrogen) atoms. The number of nitrogens with one attached hydrogen (secondary N) is 2. The van der Waals surface area contributed by atoms with E-state index in [1.54, 1.807) is 31.4 Å². The Labute approximate surface area is 152 Å². The van der Waals surface area contributed by atoms with E-state index in [-0.39, 0.29) is 22.8 Å². The molecule has 0 aromatic heterocycles. The molecule has 0 heterocycles. The minimum Gasteiger partial charge on any atom is -0.383 e. The summed E-state index contributed by atoms with van der Waals surface area (Å²) in [7, 11) is -2.26. The van der Waals surface area contributed by atoms with Crippen molar-refractivity contribution in [2.24, 2.45) is 0 Å². The predicted molar refractivity (Wildman–Crippen MR) is 97.0 cm³/mol. The van der Waals surface area contributed by atoms with E-state index >= 15 is 0 Å². The molecular weight excluding hydrogens is 359 g/mol. The van der Waals surface area contributed by atoms with E-state index in [0.717, 1.165) is 11.6 Å². The van der Waals surface area contributed by atoms with Gasteiger partial charge in [0.25, 0.3) is 10.0 Å². The molecule has 1 amide bonds. The highest BCUT2D eigenvalue weighted by molar-refractivity contribution is 7.92. The third-order valence-electron chi connectivity index (χ3n) is 3.64. The molecule has 0 saturated heterocycles. The second-order valence-corrected chi connectivity index (χ2v) is 7.42. The van der Waals surface area contributed by atoms with Crippen LogP contribution in [0, 0.1) is 12.7 Å². The monoisotopic (exact) mass is 380 g/mol. The molecule has 0 aliphatic carbocycles. The standard InChI is InChI=1S/C18H21FN2O4S/c1-13-11-16(7-8-17(13)19)26(23,24)21-15-5-3-14(4-6-15)12-18(22)20-9-10-25-2/h3-8,11,21H,9-10,12H2,1-2H3,(H,20,22). The summed E-state index contributed by atoms with van der Waals surface area (Å²) in [6, 6.07) is 10.1. The van der Waals surface area contributed by atoms with Gasteiger partial charge in [0, 0.05) is 19.3 Å². The van der Waals surface area contributed by atoms with Gasteiger partial charge in [0.05, 0.1) is 17.9 Å². The van der Waals surface area contributed by atoms with Crippen molar-refractivity contribution in [1.29, 1.82) is 0 Å². The van der Waals surface area contributed by atoms with Gasteiger partial charge in [-0.3, -0.25) is 9.52 Å². The molecule has 0 aliphatic rings. The van der Waals surface area contributed by atoms with E-state index in [1.807, 2.05) is 0 Å². The maximum absolute atomic E-state index is 13.3. The van der Waals surface area contributed by atoms with Gasteiger partial charge in [-0.2, -0.15) is 0 Å². The van der Waals surface area contributed by atoms with Crippen molar-refractivity contribution in [2.75, 3.05) is 25.0 Å². The number of benzene rings is 2. The normalized spacial score (nSPS) is 11.2. The number of amides is 1. The molecule has 0 unspecified atom stereocenters. The Balaban J connectivity index is 2.01. The third-order valence-corrected chi connectivity index (χ3v) is 5.02. The van der Waals surface area contributed by atoms with Gasteiger partial charge in [-0.1, -0.05) is 12.1 Å². The molecule has 0 spiro atoms. The Hall–Kier alpha value is -2.45. The second kappa shape index (κ2) is 8.77. The number of aryl methyl sites for hydroxylation is 1. The van der Waals surface area contributed by atoms with E-state index in [4.69, 9.17) is 4.74 Å². The van der Waals surface area contributed by atoms with Crippen LogP contribution in [0.25, 0.3) is 0 Å². The van der Waals surface area contributed by atoms with Crippen LogP contribution < -0.4 is 10.0 Å². The van der Waals surface area contributed by atoms with E-state index < -0.39 is 15.8 Å². The fraction of sp³-hybridized carbons (Fsp3) is 0.278. The predicted octanol–water partition coefficient (Wildman–Crippen LogP) is 2.24. The van der Waals surface area contributed by atoms with Crippen LogP contribution >= 0.6 is 0 Å². The zero-order valence-electron chi connectivity index (χ0n) is 14.6. The van der Waals surface area contributed by atoms with Crippen LogP contribution in [0.1, 0.15) is 11.1 Å². The van der Waals surface area contributed by atoms with Gasteiger partial charge in [-0.25, -0.2) is 12.8 Å². The van der Waals surface area contributed by atoms with Gasteiger partial charge in [-0.15, -0.1) is 0 Å². The number of hydrogen-bond donors (Lipinski definition) is 2. The lowest BCUT2D eigenvalue weighted by atomic mass is 10.1. The first kappa shape index (κ1) is 19.9. The molecule has 2 rings (SSSR count). The van der Waals surface area contributed by atoms with Crippen LogP contribution in [0.5, 0.6) is 0 Å². The molecule has 0 fully saturated rings. The quantitative estimate of drug-likeness (QED) is 0.688. The zero-order chi connectivity index (χ0) is 19.2. The van der Waals surface area contributed by atoms with E-state index in [2.05, 4.69) is 10.0 Å². The summed E-state index contributed by atoms with van der Waals surface area (Å²) in [6.45, 7) is 2.38. The SMILES string of the molecule is COCCNC(=O)Cc1ccc(NS(=O)(=O)c2ccc(F)c(C)c2)cc1. The average Bonchev–Trinajstić information content (AvgIpc) is 2.59. The highest BCUT2D eigenvalue weighted by atomic mass is 32.2. The lowest BCUT2D eigenvalue weighted by molar-refractivity contribution is -0.120. The number of ether oxygens (including phenoxy) is 1. The fourth-order valence-corrected chi connectivity index (χ4v) is 3.37. The Morgan fingerprint density at radius 1 is 1.15 bits per heavy atom. The molecule has 2 aromatic rings. The van der Waals surface area contributed by atoms with Gasteiger partial charge in [0.15, 0.2) is 0 Å². The molecule has 6 nitrogen and oxygen atoms in total. The Morgan fingerprint density at radius 3 is 2.46 bits per heavy atom. The molecule has 0 radical (unpaired) electrons. The van der Waals surface area contributed by atoms with Crippen molar-refractivity contribution in [2.45, 2.75) is 18.2 Å². The zero-order valence-corrected chi connectivity index (χ0v) is 15.4. The van der Waals surface area contributed by atoms with E-state index in [0.29, 0.717) is 18.8 Å². The van der Waals surface area contributed by atoms with Crippen LogP contribution in [0.3, 0.4) is 0 Å². The van der Waals surface area contributed by atoms with Crippen molar-refractivity contribution >= 4 is 21.6 Å². The Bertz CT molecular complexity index is 867. The summed E-state index contributed by atoms with van der Waals surface area (Å²) in [5, 5.41) is 2.71. The summed E-state index contributed by atoms with van der Waals surface area (Å²) < 4.78 is 45.3. The van der Waals surface area contributed by atoms with Crippen molar-refractivity contribution in [3.63, 3.8) is 0 Å². The van der Waals surface area contributed by atoms with E-state index in [9.17, 15) is 17.6 Å². The molecule has 2 N–H and O–H groups in total. The summed E-state index contributed by atoms with van der Waals surface area (Å²) in [5.74, 6) is -0.603. The number of carbonyl (C=O) groups excluding carboxylic acids is 1.